The van der Waals surface area contributed by atoms with E-state index in [-0.39, 0.29) is 12.0 Å². The van der Waals surface area contributed by atoms with Crippen molar-refractivity contribution in [3.63, 3.8) is 0 Å². The number of hydrogen-bond acceptors (Lipinski definition) is 3. The lowest BCUT2D eigenvalue weighted by atomic mass is 9.94. The lowest BCUT2D eigenvalue weighted by Gasteiger charge is -2.15. The lowest BCUT2D eigenvalue weighted by molar-refractivity contribution is -0.142. The lowest BCUT2D eigenvalue weighted by Crippen LogP contribution is -2.12. The van der Waals surface area contributed by atoms with E-state index >= 15 is 0 Å². The smallest absolute Gasteiger partial charge is 0.435 e. The van der Waals surface area contributed by atoms with Crippen molar-refractivity contribution in [1.29, 1.82) is 0 Å². The highest BCUT2D eigenvalue weighted by atomic mass is 35.5. The molecule has 1 N–H and O–H groups in total. The number of aromatic nitrogens is 2. The van der Waals surface area contributed by atoms with Crippen LogP contribution in [0.5, 0.6) is 0 Å². The summed E-state index contributed by atoms with van der Waals surface area (Å²) in [6.45, 7) is 0. The Labute approximate surface area is 195 Å². The van der Waals surface area contributed by atoms with Crippen molar-refractivity contribution in [1.82, 2.24) is 9.78 Å². The topological polar surface area (TPSA) is 60.1 Å². The molecule has 1 aliphatic rings. The number of aryl methyl sites for hydroxylation is 1. The maximum atomic E-state index is 13.7. The summed E-state index contributed by atoms with van der Waals surface area (Å²) >= 11 is 11.9. The van der Waals surface area contributed by atoms with E-state index in [1.165, 1.54) is 29.1 Å². The van der Waals surface area contributed by atoms with Crippen molar-refractivity contribution in [2.24, 2.45) is 0 Å². The van der Waals surface area contributed by atoms with E-state index in [2.05, 4.69) is 10.4 Å². The molecule has 4 aromatic rings. The average molecular weight is 492 g/mol. The zero-order valence-electron chi connectivity index (χ0n) is 16.7. The van der Waals surface area contributed by atoms with E-state index in [1.807, 2.05) is 0 Å². The van der Waals surface area contributed by atoms with Crippen LogP contribution in [0.2, 0.25) is 10.0 Å². The number of carbonyl (C=O) groups is 1. The second kappa shape index (κ2) is 7.97. The normalized spacial score (nSPS) is 12.9. The highest BCUT2D eigenvalue weighted by Gasteiger charge is 2.41. The minimum Gasteiger partial charge on any atom is -0.469 e. The van der Waals surface area contributed by atoms with Crippen LogP contribution >= 0.6 is 23.2 Å². The van der Waals surface area contributed by atoms with Crippen molar-refractivity contribution in [3.8, 4) is 16.9 Å². The van der Waals surface area contributed by atoms with Crippen LogP contribution in [0.25, 0.3) is 16.9 Å². The maximum absolute atomic E-state index is 13.7. The van der Waals surface area contributed by atoms with Gasteiger partial charge < -0.3 is 9.73 Å². The summed E-state index contributed by atoms with van der Waals surface area (Å²) in [5.74, 6) is 0.213. The zero-order valence-corrected chi connectivity index (χ0v) is 18.2. The van der Waals surface area contributed by atoms with E-state index < -0.39 is 17.8 Å². The standard InChI is InChI=1S/C23H14Cl2F3N3O2/c24-17-7-3-13(11-18(17)25)29-22(32)12-1-4-14(5-2-12)31-20-15-9-10-33-19(15)8-6-16(20)21(30-31)23(26,27)28/h1-5,7,9-11H,6,8H2,(H,29,32). The molecule has 168 valence electrons. The Morgan fingerprint density at radius 3 is 2.48 bits per heavy atom. The number of anilines is 1. The fourth-order valence-corrected chi connectivity index (χ4v) is 4.19. The molecule has 2 aromatic heterocycles. The summed E-state index contributed by atoms with van der Waals surface area (Å²) in [7, 11) is 0. The average Bonchev–Trinajstić information content (AvgIpc) is 3.40. The summed E-state index contributed by atoms with van der Waals surface area (Å²) < 4.78 is 47.7. The SMILES string of the molecule is O=C(Nc1ccc(Cl)c(Cl)c1)c1ccc(-n2nc(C(F)(F)F)c3c2-c2ccoc2CC3)cc1. The molecule has 0 saturated carbocycles. The Morgan fingerprint density at radius 2 is 1.79 bits per heavy atom. The minimum absolute atomic E-state index is 0.137. The highest BCUT2D eigenvalue weighted by Crippen LogP contribution is 2.42. The van der Waals surface area contributed by atoms with Crippen molar-refractivity contribution < 1.29 is 22.4 Å². The van der Waals surface area contributed by atoms with Crippen LogP contribution in [0, 0.1) is 0 Å². The molecule has 0 fully saturated rings. The maximum Gasteiger partial charge on any atom is 0.435 e. The molecule has 0 atom stereocenters. The fraction of sp³-hybridized carbons (Fsp3) is 0.130. The van der Waals surface area contributed by atoms with Crippen molar-refractivity contribution in [3.05, 3.63) is 87.4 Å². The first kappa shape index (κ1) is 21.6. The number of benzene rings is 2. The second-order valence-corrected chi connectivity index (χ2v) is 8.29. The number of amides is 1. The van der Waals surface area contributed by atoms with Gasteiger partial charge in [0, 0.05) is 28.8 Å². The van der Waals surface area contributed by atoms with Crippen LogP contribution in [-0.4, -0.2) is 15.7 Å². The molecule has 0 saturated heterocycles. The Hall–Kier alpha value is -3.23. The van der Waals surface area contributed by atoms with Crippen LogP contribution in [-0.2, 0) is 19.0 Å². The first-order chi connectivity index (χ1) is 15.7. The van der Waals surface area contributed by atoms with E-state index in [0.29, 0.717) is 50.4 Å². The van der Waals surface area contributed by atoms with Crippen molar-refractivity contribution in [2.75, 3.05) is 5.32 Å². The number of alkyl halides is 3. The van der Waals surface area contributed by atoms with Crippen LogP contribution in [0.4, 0.5) is 18.9 Å². The summed E-state index contributed by atoms with van der Waals surface area (Å²) in [5.41, 5.74) is 1.32. The summed E-state index contributed by atoms with van der Waals surface area (Å²) in [5, 5.41) is 7.26. The number of hydrogen-bond donors (Lipinski definition) is 1. The number of rotatable bonds is 3. The number of nitrogens with one attached hydrogen (secondary N) is 1. The van der Waals surface area contributed by atoms with Gasteiger partial charge in [0.05, 0.1) is 27.7 Å². The minimum atomic E-state index is -4.59. The Kier molecular flexibility index (Phi) is 5.22. The third-order valence-corrected chi connectivity index (χ3v) is 6.15. The van der Waals surface area contributed by atoms with Gasteiger partial charge >= 0.3 is 6.18 Å². The first-order valence-corrected chi connectivity index (χ1v) is 10.6. The first-order valence-electron chi connectivity index (χ1n) is 9.85. The fourth-order valence-electron chi connectivity index (χ4n) is 3.89. The van der Waals surface area contributed by atoms with Crippen LogP contribution < -0.4 is 5.32 Å². The number of fused-ring (bicyclic) bond motifs is 3. The second-order valence-electron chi connectivity index (χ2n) is 7.47. The summed E-state index contributed by atoms with van der Waals surface area (Å²) in [4.78, 5) is 12.6. The molecule has 2 heterocycles. The molecule has 5 nitrogen and oxygen atoms in total. The van der Waals surface area contributed by atoms with Gasteiger partial charge in [0.1, 0.15) is 5.76 Å². The van der Waals surface area contributed by atoms with Crippen molar-refractivity contribution >= 4 is 34.8 Å². The third kappa shape index (κ3) is 3.89. The molecule has 33 heavy (non-hydrogen) atoms. The third-order valence-electron chi connectivity index (χ3n) is 5.41. The number of nitrogens with zero attached hydrogens (tertiary/aromatic N) is 2. The molecule has 0 aliphatic heterocycles. The molecule has 0 spiro atoms. The van der Waals surface area contributed by atoms with E-state index in [9.17, 15) is 18.0 Å². The van der Waals surface area contributed by atoms with Gasteiger partial charge in [-0.15, -0.1) is 0 Å². The number of halogens is 5. The summed E-state index contributed by atoms with van der Waals surface area (Å²) in [6.07, 6.45) is -2.58. The largest absolute Gasteiger partial charge is 0.469 e. The monoisotopic (exact) mass is 491 g/mol. The van der Waals surface area contributed by atoms with Gasteiger partial charge in [0.2, 0.25) is 0 Å². The van der Waals surface area contributed by atoms with Gasteiger partial charge in [-0.2, -0.15) is 18.3 Å². The van der Waals surface area contributed by atoms with Gasteiger partial charge in [-0.3, -0.25) is 4.79 Å². The van der Waals surface area contributed by atoms with E-state index in [0.717, 1.165) is 0 Å². The van der Waals surface area contributed by atoms with Crippen LogP contribution in [0.3, 0.4) is 0 Å². The Morgan fingerprint density at radius 1 is 1.03 bits per heavy atom. The molecule has 2 aromatic carbocycles. The van der Waals surface area contributed by atoms with E-state index in [4.69, 9.17) is 27.6 Å². The van der Waals surface area contributed by atoms with E-state index in [1.54, 1.807) is 30.3 Å². The highest BCUT2D eigenvalue weighted by molar-refractivity contribution is 6.42. The molecular formula is C23H14Cl2F3N3O2. The van der Waals surface area contributed by atoms with Gasteiger partial charge in [-0.05, 0) is 55.0 Å². The molecule has 0 unspecified atom stereocenters. The Balaban J connectivity index is 1.49. The molecule has 1 amide bonds. The van der Waals surface area contributed by atoms with Gasteiger partial charge in [0.15, 0.2) is 5.69 Å². The molecule has 0 radical (unpaired) electrons. The van der Waals surface area contributed by atoms with Gasteiger partial charge in [-0.1, -0.05) is 23.2 Å². The van der Waals surface area contributed by atoms with Crippen molar-refractivity contribution in [2.45, 2.75) is 19.0 Å². The van der Waals surface area contributed by atoms with Gasteiger partial charge in [0.25, 0.3) is 5.91 Å². The van der Waals surface area contributed by atoms with Gasteiger partial charge in [-0.25, -0.2) is 4.68 Å². The molecule has 5 rings (SSSR count). The quantitative estimate of drug-likeness (QED) is 0.342. The van der Waals surface area contributed by atoms with Crippen LogP contribution in [0.15, 0.2) is 59.2 Å². The molecular weight excluding hydrogens is 478 g/mol. The summed E-state index contributed by atoms with van der Waals surface area (Å²) in [6, 6.07) is 12.5. The zero-order chi connectivity index (χ0) is 23.3. The predicted molar refractivity (Wildman–Crippen MR) is 118 cm³/mol. The Bertz CT molecular complexity index is 1370. The van der Waals surface area contributed by atoms with Crippen LogP contribution in [0.1, 0.15) is 27.4 Å². The number of furan rings is 1. The number of carbonyl (C=O) groups excluding carboxylic acids is 1. The molecule has 1 aliphatic carbocycles. The molecule has 10 heteroatoms. The predicted octanol–water partition coefficient (Wildman–Crippen LogP) is 6.81. The molecule has 0 bridgehead atoms.